The predicted octanol–water partition coefficient (Wildman–Crippen LogP) is -13.5. The number of rotatable bonds is 20. The van der Waals surface area contributed by atoms with E-state index in [0.29, 0.717) is 0 Å². The van der Waals surface area contributed by atoms with Crippen molar-refractivity contribution in [2.75, 3.05) is 39.6 Å². The van der Waals surface area contributed by atoms with Gasteiger partial charge < -0.3 is 155 Å². The molecule has 0 saturated carbocycles. The molecule has 20 N–H and O–H groups in total. The molecule has 0 spiro atoms. The molecule has 456 valence electrons. The normalized spacial score (nSPS) is 46.7. The lowest BCUT2D eigenvalue weighted by Gasteiger charge is -2.49. The molecule has 6 fully saturated rings. The Morgan fingerprint density at radius 2 is 0.646 bits per heavy atom. The summed E-state index contributed by atoms with van der Waals surface area (Å²) in [6.45, 7) is -1.30. The van der Waals surface area contributed by atoms with Crippen LogP contribution in [0, 0.1) is 0 Å². The molecule has 1 unspecified atom stereocenters. The third-order valence-electron chi connectivity index (χ3n) is 14.0. The van der Waals surface area contributed by atoms with Gasteiger partial charge in [-0.3, -0.25) is 19.2 Å². The average molecular weight is 1160 g/mol. The van der Waals surface area contributed by atoms with Gasteiger partial charge in [0.05, 0.1) is 39.6 Å². The SMILES string of the molecule is CC(=O)N[C@H]1[C@H](OC[C@H]2OC(O)[C@H](NC(C)=O)[C@@H](O[C@@H]3O[C@H](CO)[C@H](O[C@H]4O[C@H](CO)[C@@H](O)[C@H](O)[C@H]4NC(C)=O)[C@H](O)[C@H]3O)[C@H]2O)O[C@H](CO)[C@@H](O[C@@H]2O[C@H](CO)[C@H](O[C@@H]3O[C@H](CO)[C@@H](O)[C@H](O)[C@H]3NC(C)=O)[C@H](O)[C@H]2O)[C@@H]1O. The lowest BCUT2D eigenvalue weighted by molar-refractivity contribution is -0.372. The number of hydrogen-bond acceptors (Lipinski definition) is 31. The maximum Gasteiger partial charge on any atom is 0.217 e. The first-order valence-corrected chi connectivity index (χ1v) is 25.1. The number of ether oxygens (including phenoxy) is 11. The largest absolute Gasteiger partial charge is 0.394 e. The van der Waals surface area contributed by atoms with Crippen LogP contribution in [0.2, 0.25) is 0 Å². The minimum absolute atomic E-state index is 0.718. The molecule has 0 radical (unpaired) electrons. The Morgan fingerprint density at radius 3 is 1.03 bits per heavy atom. The number of amides is 4. The van der Waals surface area contributed by atoms with Gasteiger partial charge in [0.25, 0.3) is 0 Å². The van der Waals surface area contributed by atoms with E-state index in [1.807, 2.05) is 0 Å². The van der Waals surface area contributed by atoms with Crippen LogP contribution in [0.1, 0.15) is 27.7 Å². The van der Waals surface area contributed by atoms with Crippen molar-refractivity contribution in [2.24, 2.45) is 0 Å². The van der Waals surface area contributed by atoms with Crippen LogP contribution in [0.3, 0.4) is 0 Å². The Hall–Kier alpha value is -3.20. The van der Waals surface area contributed by atoms with Crippen molar-refractivity contribution in [3.8, 4) is 0 Å². The van der Waals surface area contributed by atoms with Crippen LogP contribution in [0.5, 0.6) is 0 Å². The van der Waals surface area contributed by atoms with Gasteiger partial charge in [0, 0.05) is 27.7 Å². The fourth-order valence-corrected chi connectivity index (χ4v) is 10.0. The van der Waals surface area contributed by atoms with E-state index < -0.39 is 247 Å². The zero-order valence-electron chi connectivity index (χ0n) is 42.8. The summed E-state index contributed by atoms with van der Waals surface area (Å²) in [5, 5.41) is 182. The molecule has 0 aliphatic carbocycles. The van der Waals surface area contributed by atoms with E-state index in [2.05, 4.69) is 21.3 Å². The highest BCUT2D eigenvalue weighted by molar-refractivity contribution is 5.74. The summed E-state index contributed by atoms with van der Waals surface area (Å²) in [5.41, 5.74) is 0. The number of carbonyl (C=O) groups excluding carboxylic acids is 4. The molecule has 30 atom stereocenters. The first-order valence-electron chi connectivity index (χ1n) is 25.1. The Bertz CT molecular complexity index is 1990. The van der Waals surface area contributed by atoms with Crippen molar-refractivity contribution in [1.29, 1.82) is 0 Å². The van der Waals surface area contributed by atoms with E-state index >= 15 is 0 Å². The van der Waals surface area contributed by atoms with E-state index in [1.54, 1.807) is 0 Å². The second-order valence-electron chi connectivity index (χ2n) is 19.7. The van der Waals surface area contributed by atoms with Gasteiger partial charge in [0.1, 0.15) is 146 Å². The lowest BCUT2D eigenvalue weighted by atomic mass is 9.94. The van der Waals surface area contributed by atoms with Crippen LogP contribution < -0.4 is 21.3 Å². The van der Waals surface area contributed by atoms with Gasteiger partial charge in [0.15, 0.2) is 37.7 Å². The van der Waals surface area contributed by atoms with E-state index in [9.17, 15) is 101 Å². The minimum atomic E-state index is -2.17. The summed E-state index contributed by atoms with van der Waals surface area (Å²) in [6, 6.07) is -6.41. The summed E-state index contributed by atoms with van der Waals surface area (Å²) >= 11 is 0. The maximum absolute atomic E-state index is 12.6. The molecule has 0 aromatic rings. The van der Waals surface area contributed by atoms with Gasteiger partial charge in [-0.25, -0.2) is 0 Å². The van der Waals surface area contributed by atoms with Crippen molar-refractivity contribution in [3.05, 3.63) is 0 Å². The summed E-state index contributed by atoms with van der Waals surface area (Å²) in [7, 11) is 0. The van der Waals surface area contributed by atoms with Crippen LogP contribution in [0.25, 0.3) is 0 Å². The second kappa shape index (κ2) is 28.4. The molecule has 35 nitrogen and oxygen atoms in total. The zero-order chi connectivity index (χ0) is 58.5. The van der Waals surface area contributed by atoms with Crippen LogP contribution in [-0.4, -0.2) is 329 Å². The van der Waals surface area contributed by atoms with E-state index in [-0.39, 0.29) is 0 Å². The molecule has 79 heavy (non-hydrogen) atoms. The third-order valence-corrected chi connectivity index (χ3v) is 14.0. The highest BCUT2D eigenvalue weighted by Crippen LogP contribution is 2.36. The van der Waals surface area contributed by atoms with E-state index in [1.165, 1.54) is 0 Å². The molecule has 6 heterocycles. The standard InChI is InChI=1S/C44H74N4O31/c1-11(54)45-21-28(61)25(58)15(5-49)71-41(21)76-36-18(8-52)74-43(33(66)31(36)64)78-35-17(7-51)73-40(23(30(35)63)47-13(3)56)69-10-20-27(60)38(24(39(68)70-20)48-14(4)57)79-44-34(67)32(65)37(19(9-53)75-44)77-42-22(46-12(2)55)29(62)26(59)16(6-50)72-42/h15-44,49-53,58-68H,5-10H2,1-4H3,(H,45,54)(H,46,55)(H,47,56)(H,48,57)/t15-,16-,17-,18-,19-,20-,21-,22-,23-,24-,25-,26-,27+,28-,29-,30-,31-,32-,33-,34-,35-,36+,37+,38-,39?,40-,41+,42-,43+,44+/m1/s1. The van der Waals surface area contributed by atoms with Crippen molar-refractivity contribution in [3.63, 3.8) is 0 Å². The number of hydrogen-bond donors (Lipinski definition) is 20. The summed E-state index contributed by atoms with van der Waals surface area (Å²) < 4.78 is 63.3. The monoisotopic (exact) mass is 1150 g/mol. The smallest absolute Gasteiger partial charge is 0.217 e. The zero-order valence-corrected chi connectivity index (χ0v) is 42.8. The number of aliphatic hydroxyl groups is 16. The Balaban J connectivity index is 1.15. The number of carbonyl (C=O) groups is 4. The predicted molar refractivity (Wildman–Crippen MR) is 246 cm³/mol. The molecular formula is C44H74N4O31. The van der Waals surface area contributed by atoms with E-state index in [0.717, 1.165) is 27.7 Å². The summed E-state index contributed by atoms with van der Waals surface area (Å²) in [4.78, 5) is 48.9. The third kappa shape index (κ3) is 14.8. The highest BCUT2D eigenvalue weighted by atomic mass is 16.8. The summed E-state index contributed by atoms with van der Waals surface area (Å²) in [5.74, 6) is -3.05. The van der Waals surface area contributed by atoms with Crippen LogP contribution in [-0.2, 0) is 71.3 Å². The van der Waals surface area contributed by atoms with Gasteiger partial charge in [0.2, 0.25) is 23.6 Å². The molecule has 6 saturated heterocycles. The number of aliphatic hydroxyl groups excluding tert-OH is 16. The Kier molecular flexibility index (Phi) is 23.3. The number of nitrogens with one attached hydrogen (secondary N) is 4. The van der Waals surface area contributed by atoms with Gasteiger partial charge >= 0.3 is 0 Å². The van der Waals surface area contributed by atoms with Crippen molar-refractivity contribution in [1.82, 2.24) is 21.3 Å². The lowest BCUT2D eigenvalue weighted by Crippen LogP contribution is -2.70. The second-order valence-corrected chi connectivity index (χ2v) is 19.7. The molecule has 6 aliphatic heterocycles. The molecule has 6 aliphatic rings. The van der Waals surface area contributed by atoms with Gasteiger partial charge in [-0.05, 0) is 0 Å². The maximum atomic E-state index is 12.6. The van der Waals surface area contributed by atoms with Crippen LogP contribution >= 0.6 is 0 Å². The molecular weight excluding hydrogens is 1080 g/mol. The minimum Gasteiger partial charge on any atom is -0.394 e. The highest BCUT2D eigenvalue weighted by Gasteiger charge is 2.57. The van der Waals surface area contributed by atoms with Crippen molar-refractivity contribution < 1.29 is 153 Å². The topological polar surface area (TPSA) is 542 Å². The molecule has 0 aromatic heterocycles. The van der Waals surface area contributed by atoms with E-state index in [4.69, 9.17) is 52.1 Å². The first kappa shape index (κ1) is 65.0. The molecule has 0 bridgehead atoms. The van der Waals surface area contributed by atoms with Gasteiger partial charge in [-0.2, -0.15) is 0 Å². The fraction of sp³-hybridized carbons (Fsp3) is 0.909. The van der Waals surface area contributed by atoms with Crippen LogP contribution in [0.15, 0.2) is 0 Å². The molecule has 4 amide bonds. The van der Waals surface area contributed by atoms with Crippen LogP contribution in [0.4, 0.5) is 0 Å². The molecule has 0 aromatic carbocycles. The fourth-order valence-electron chi connectivity index (χ4n) is 10.0. The van der Waals surface area contributed by atoms with Crippen molar-refractivity contribution >= 4 is 23.6 Å². The first-order chi connectivity index (χ1) is 37.3. The average Bonchev–Trinajstić information content (AvgIpc) is 3.44. The Labute approximate surface area is 448 Å². The van der Waals surface area contributed by atoms with Gasteiger partial charge in [-0.1, -0.05) is 0 Å². The summed E-state index contributed by atoms with van der Waals surface area (Å²) in [6.07, 6.45) is -47.6. The van der Waals surface area contributed by atoms with Crippen molar-refractivity contribution in [2.45, 2.75) is 212 Å². The molecule has 35 heteroatoms. The quantitative estimate of drug-likeness (QED) is 0.0538. The molecule has 6 rings (SSSR count). The Morgan fingerprint density at radius 1 is 0.329 bits per heavy atom. The van der Waals surface area contributed by atoms with Gasteiger partial charge in [-0.15, -0.1) is 0 Å².